The number of aldehydes is 1. The number of hydrogen-bond acceptors (Lipinski definition) is 1. The molecule has 0 N–H and O–H groups in total. The van der Waals surface area contributed by atoms with Crippen molar-refractivity contribution in [3.05, 3.63) is 36.0 Å². The van der Waals surface area contributed by atoms with Gasteiger partial charge < -0.3 is 0 Å². The first-order chi connectivity index (χ1) is 13.3. The van der Waals surface area contributed by atoms with Crippen LogP contribution in [-0.4, -0.2) is 6.29 Å². The Morgan fingerprint density at radius 1 is 1.21 bits per heavy atom. The molecule has 3 saturated carbocycles. The van der Waals surface area contributed by atoms with Crippen LogP contribution in [0.5, 0.6) is 0 Å². The maximum Gasteiger partial charge on any atom is 0.142 e. The van der Waals surface area contributed by atoms with Gasteiger partial charge in [-0.1, -0.05) is 71.4 Å². The maximum absolute atomic E-state index is 11.2. The Labute approximate surface area is 174 Å². The Kier molecular flexibility index (Phi) is 7.56. The van der Waals surface area contributed by atoms with Gasteiger partial charge in [0.2, 0.25) is 0 Å². The fourth-order valence-corrected chi connectivity index (χ4v) is 7.64. The predicted molar refractivity (Wildman–Crippen MR) is 122 cm³/mol. The highest BCUT2D eigenvalue weighted by molar-refractivity contribution is 5.67. The van der Waals surface area contributed by atoms with Crippen molar-refractivity contribution in [3.63, 3.8) is 0 Å². The molecular weight excluding hydrogens is 340 g/mol. The molecule has 0 aromatic carbocycles. The molecule has 7 atom stereocenters. The Morgan fingerprint density at radius 3 is 2.46 bits per heavy atom. The third-order valence-corrected chi connectivity index (χ3v) is 8.67. The van der Waals surface area contributed by atoms with Crippen LogP contribution in [0.4, 0.5) is 0 Å². The molecule has 0 aliphatic heterocycles. The van der Waals surface area contributed by atoms with Crippen molar-refractivity contribution in [2.24, 2.45) is 40.4 Å². The lowest BCUT2D eigenvalue weighted by molar-refractivity contribution is -0.104. The van der Waals surface area contributed by atoms with Crippen molar-refractivity contribution >= 4 is 6.29 Å². The molecule has 0 heterocycles. The standard InChI is InChI=1S/C25H38O.C2H6/c1-7-13-24(5)19(12-15-26)9-10-20-21(24)11-14-25(6)22(20)16-18(4)23(25)17(3)8-2;1-2/h7,12-13,15,18,20-23H,3,8-11,14,16H2,1-2,4-6H3;1-2H3/b13-7-,19-12-;. The lowest BCUT2D eigenvalue weighted by atomic mass is 9.48. The van der Waals surface area contributed by atoms with Gasteiger partial charge in [0.05, 0.1) is 0 Å². The third kappa shape index (κ3) is 3.59. The highest BCUT2D eigenvalue weighted by Crippen LogP contribution is 2.67. The number of hydrogen-bond donors (Lipinski definition) is 0. The van der Waals surface area contributed by atoms with Gasteiger partial charge in [-0.3, -0.25) is 4.79 Å². The summed E-state index contributed by atoms with van der Waals surface area (Å²) in [6, 6.07) is 0. The summed E-state index contributed by atoms with van der Waals surface area (Å²) in [5.74, 6) is 3.73. The van der Waals surface area contributed by atoms with Crippen LogP contribution in [-0.2, 0) is 4.79 Å². The molecule has 3 aliphatic rings. The number of carbonyl (C=O) groups excluding carboxylic acids is 1. The molecule has 0 saturated heterocycles. The van der Waals surface area contributed by atoms with Crippen LogP contribution in [0.2, 0.25) is 0 Å². The van der Waals surface area contributed by atoms with Crippen LogP contribution >= 0.6 is 0 Å². The van der Waals surface area contributed by atoms with Gasteiger partial charge in [-0.05, 0) is 86.5 Å². The molecule has 0 aromatic heterocycles. The minimum atomic E-state index is 0.0585. The van der Waals surface area contributed by atoms with Crippen molar-refractivity contribution in [1.82, 2.24) is 0 Å². The summed E-state index contributed by atoms with van der Waals surface area (Å²) in [5.41, 5.74) is 3.32. The van der Waals surface area contributed by atoms with E-state index in [2.05, 4.69) is 53.3 Å². The predicted octanol–water partition coefficient (Wildman–Crippen LogP) is 7.79. The molecule has 3 aliphatic carbocycles. The zero-order valence-electron chi connectivity index (χ0n) is 19.6. The molecular formula is C27H44O. The lowest BCUT2D eigenvalue weighted by Gasteiger charge is -2.57. The Bertz CT molecular complexity index is 626. The van der Waals surface area contributed by atoms with E-state index in [0.717, 1.165) is 36.9 Å². The van der Waals surface area contributed by atoms with Gasteiger partial charge in [-0.2, -0.15) is 0 Å². The first-order valence-corrected chi connectivity index (χ1v) is 11.8. The van der Waals surface area contributed by atoms with Gasteiger partial charge in [-0.15, -0.1) is 0 Å². The largest absolute Gasteiger partial charge is 0.299 e. The van der Waals surface area contributed by atoms with Crippen molar-refractivity contribution < 1.29 is 4.79 Å². The second-order valence-electron chi connectivity index (χ2n) is 9.77. The number of rotatable bonds is 4. The molecule has 7 unspecified atom stereocenters. The van der Waals surface area contributed by atoms with E-state index in [-0.39, 0.29) is 5.41 Å². The Hall–Kier alpha value is -1.11. The van der Waals surface area contributed by atoms with E-state index in [1.54, 1.807) is 0 Å². The minimum absolute atomic E-state index is 0.0585. The topological polar surface area (TPSA) is 17.1 Å². The smallest absolute Gasteiger partial charge is 0.142 e. The molecule has 158 valence electrons. The first kappa shape index (κ1) is 23.2. The summed E-state index contributed by atoms with van der Waals surface area (Å²) in [6.45, 7) is 20.3. The van der Waals surface area contributed by atoms with E-state index in [0.29, 0.717) is 17.3 Å². The van der Waals surface area contributed by atoms with Gasteiger partial charge in [-0.25, -0.2) is 0 Å². The molecule has 1 nitrogen and oxygen atoms in total. The van der Waals surface area contributed by atoms with E-state index in [9.17, 15) is 4.79 Å². The zero-order valence-corrected chi connectivity index (χ0v) is 19.6. The quantitative estimate of drug-likeness (QED) is 0.275. The molecule has 0 radical (unpaired) electrons. The van der Waals surface area contributed by atoms with E-state index in [4.69, 9.17) is 0 Å². The summed E-state index contributed by atoms with van der Waals surface area (Å²) in [6.07, 6.45) is 14.9. The lowest BCUT2D eigenvalue weighted by Crippen LogP contribution is -2.49. The molecule has 1 heteroatoms. The van der Waals surface area contributed by atoms with E-state index < -0.39 is 0 Å². The van der Waals surface area contributed by atoms with E-state index in [1.165, 1.54) is 36.8 Å². The average Bonchev–Trinajstić information content (AvgIpc) is 2.95. The highest BCUT2D eigenvalue weighted by atomic mass is 16.1. The average molecular weight is 385 g/mol. The second-order valence-corrected chi connectivity index (χ2v) is 9.77. The van der Waals surface area contributed by atoms with Crippen LogP contribution in [0.15, 0.2) is 36.0 Å². The normalized spacial score (nSPS) is 43.8. The molecule has 3 rings (SSSR count). The molecule has 28 heavy (non-hydrogen) atoms. The molecule has 0 aromatic rings. The maximum atomic E-state index is 11.2. The number of carbonyl (C=O) groups is 1. The summed E-state index contributed by atoms with van der Waals surface area (Å²) in [7, 11) is 0. The summed E-state index contributed by atoms with van der Waals surface area (Å²) in [4.78, 5) is 11.2. The van der Waals surface area contributed by atoms with Crippen molar-refractivity contribution in [2.45, 2.75) is 87.0 Å². The summed E-state index contributed by atoms with van der Waals surface area (Å²) >= 11 is 0. The summed E-state index contributed by atoms with van der Waals surface area (Å²) in [5, 5.41) is 0. The minimum Gasteiger partial charge on any atom is -0.299 e. The molecule has 0 spiro atoms. The van der Waals surface area contributed by atoms with Crippen molar-refractivity contribution in [3.8, 4) is 0 Å². The van der Waals surface area contributed by atoms with Gasteiger partial charge in [0.25, 0.3) is 0 Å². The number of fused-ring (bicyclic) bond motifs is 3. The SMILES string of the molecule is C=C(CC)C1C(C)CC2C3CC/C(=C/C=O)C(C)(/C=C\C)C3CCC21C.CC. The Morgan fingerprint density at radius 2 is 1.89 bits per heavy atom. The van der Waals surface area contributed by atoms with Crippen LogP contribution < -0.4 is 0 Å². The zero-order chi connectivity index (χ0) is 21.1. The first-order valence-electron chi connectivity index (χ1n) is 11.8. The van der Waals surface area contributed by atoms with Gasteiger partial charge in [0.15, 0.2) is 0 Å². The second kappa shape index (κ2) is 9.14. The van der Waals surface area contributed by atoms with E-state index in [1.807, 2.05) is 19.9 Å². The summed E-state index contributed by atoms with van der Waals surface area (Å²) < 4.78 is 0. The fourth-order valence-electron chi connectivity index (χ4n) is 7.64. The molecule has 0 amide bonds. The van der Waals surface area contributed by atoms with Crippen LogP contribution in [0.25, 0.3) is 0 Å². The van der Waals surface area contributed by atoms with Crippen LogP contribution in [0.1, 0.15) is 87.0 Å². The third-order valence-electron chi connectivity index (χ3n) is 8.67. The van der Waals surface area contributed by atoms with E-state index >= 15 is 0 Å². The van der Waals surface area contributed by atoms with Crippen molar-refractivity contribution in [1.29, 1.82) is 0 Å². The monoisotopic (exact) mass is 384 g/mol. The van der Waals surface area contributed by atoms with Crippen LogP contribution in [0, 0.1) is 40.4 Å². The van der Waals surface area contributed by atoms with Crippen LogP contribution in [0.3, 0.4) is 0 Å². The Balaban J connectivity index is 0.00000136. The molecule has 3 fully saturated rings. The van der Waals surface area contributed by atoms with Gasteiger partial charge in [0, 0.05) is 5.41 Å². The molecule has 0 bridgehead atoms. The number of allylic oxidation sites excluding steroid dienone is 5. The van der Waals surface area contributed by atoms with Crippen molar-refractivity contribution in [2.75, 3.05) is 0 Å². The van der Waals surface area contributed by atoms with Gasteiger partial charge >= 0.3 is 0 Å². The fraction of sp³-hybridized carbons (Fsp3) is 0.741. The van der Waals surface area contributed by atoms with Gasteiger partial charge in [0.1, 0.15) is 6.29 Å². The highest BCUT2D eigenvalue weighted by Gasteiger charge is 2.59.